The maximum Gasteiger partial charge on any atom is 0.266 e. The van der Waals surface area contributed by atoms with Crippen molar-refractivity contribution in [2.24, 2.45) is 0 Å². The SMILES string of the molecule is COc1c(C=O)ncc(C(F)F)c1I. The highest BCUT2D eigenvalue weighted by molar-refractivity contribution is 14.1. The average Bonchev–Trinajstić information content (AvgIpc) is 2.16. The van der Waals surface area contributed by atoms with Crippen LogP contribution in [0.5, 0.6) is 5.75 Å². The lowest BCUT2D eigenvalue weighted by molar-refractivity contribution is 0.111. The van der Waals surface area contributed by atoms with Gasteiger partial charge in [-0.3, -0.25) is 4.79 Å². The number of rotatable bonds is 3. The molecule has 76 valence electrons. The Labute approximate surface area is 92.6 Å². The van der Waals surface area contributed by atoms with Crippen molar-refractivity contribution in [1.29, 1.82) is 0 Å². The standard InChI is InChI=1S/C8H6F2INO2/c1-14-7-5(3-13)12-2-4(6(7)11)8(9)10/h2-3,8H,1H3. The van der Waals surface area contributed by atoms with E-state index in [1.54, 1.807) is 22.6 Å². The van der Waals surface area contributed by atoms with Gasteiger partial charge in [0.2, 0.25) is 0 Å². The molecule has 0 atom stereocenters. The number of ether oxygens (including phenoxy) is 1. The molecule has 14 heavy (non-hydrogen) atoms. The summed E-state index contributed by atoms with van der Waals surface area (Å²) in [5, 5.41) is 0. The minimum Gasteiger partial charge on any atom is -0.493 e. The van der Waals surface area contributed by atoms with E-state index in [0.717, 1.165) is 6.20 Å². The monoisotopic (exact) mass is 313 g/mol. The fourth-order valence-corrected chi connectivity index (χ4v) is 1.80. The predicted molar refractivity (Wildman–Crippen MR) is 53.9 cm³/mol. The summed E-state index contributed by atoms with van der Waals surface area (Å²) in [6.45, 7) is 0. The van der Waals surface area contributed by atoms with E-state index in [0.29, 0.717) is 6.29 Å². The number of hydrogen-bond acceptors (Lipinski definition) is 3. The van der Waals surface area contributed by atoms with Crippen LogP contribution in [0.3, 0.4) is 0 Å². The van der Waals surface area contributed by atoms with Crippen LogP contribution >= 0.6 is 22.6 Å². The second kappa shape index (κ2) is 4.63. The molecule has 1 heterocycles. The molecule has 0 N–H and O–H groups in total. The molecule has 6 heteroatoms. The van der Waals surface area contributed by atoms with E-state index in [-0.39, 0.29) is 20.6 Å². The van der Waals surface area contributed by atoms with Gasteiger partial charge in [-0.25, -0.2) is 13.8 Å². The summed E-state index contributed by atoms with van der Waals surface area (Å²) >= 11 is 1.70. The molecule has 0 aliphatic heterocycles. The van der Waals surface area contributed by atoms with Gasteiger partial charge in [-0.05, 0) is 22.6 Å². The van der Waals surface area contributed by atoms with Crippen LogP contribution in [0.2, 0.25) is 0 Å². The van der Waals surface area contributed by atoms with E-state index >= 15 is 0 Å². The number of halogens is 3. The van der Waals surface area contributed by atoms with Gasteiger partial charge in [-0.2, -0.15) is 0 Å². The smallest absolute Gasteiger partial charge is 0.266 e. The average molecular weight is 313 g/mol. The first-order chi connectivity index (χ1) is 6.61. The van der Waals surface area contributed by atoms with Gasteiger partial charge < -0.3 is 4.74 Å². The first-order valence-corrected chi connectivity index (χ1v) is 4.65. The highest BCUT2D eigenvalue weighted by Crippen LogP contribution is 2.31. The normalized spacial score (nSPS) is 10.4. The second-order valence-electron chi connectivity index (χ2n) is 2.36. The summed E-state index contributed by atoms with van der Waals surface area (Å²) < 4.78 is 29.8. The van der Waals surface area contributed by atoms with Gasteiger partial charge in [0.15, 0.2) is 12.0 Å². The second-order valence-corrected chi connectivity index (χ2v) is 3.44. The lowest BCUT2D eigenvalue weighted by Crippen LogP contribution is -2.01. The van der Waals surface area contributed by atoms with E-state index in [2.05, 4.69) is 4.98 Å². The predicted octanol–water partition coefficient (Wildman–Crippen LogP) is 2.44. The molecule has 0 bridgehead atoms. The van der Waals surface area contributed by atoms with Crippen molar-refractivity contribution in [3.63, 3.8) is 0 Å². The highest BCUT2D eigenvalue weighted by atomic mass is 127. The Kier molecular flexibility index (Phi) is 3.73. The lowest BCUT2D eigenvalue weighted by Gasteiger charge is -2.09. The van der Waals surface area contributed by atoms with Crippen LogP contribution in [-0.4, -0.2) is 18.4 Å². The molecule has 0 radical (unpaired) electrons. The Balaban J connectivity index is 3.34. The van der Waals surface area contributed by atoms with Crippen molar-refractivity contribution in [1.82, 2.24) is 4.98 Å². The summed E-state index contributed by atoms with van der Waals surface area (Å²) in [5.41, 5.74) is -0.200. The number of nitrogens with zero attached hydrogens (tertiary/aromatic N) is 1. The Bertz CT molecular complexity index is 357. The molecule has 1 aromatic heterocycles. The molecular weight excluding hydrogens is 307 g/mol. The van der Waals surface area contributed by atoms with Gasteiger partial charge in [0.1, 0.15) is 5.69 Å². The zero-order valence-electron chi connectivity index (χ0n) is 7.13. The number of hydrogen-bond donors (Lipinski definition) is 0. The number of aldehydes is 1. The summed E-state index contributed by atoms with van der Waals surface area (Å²) in [7, 11) is 1.31. The molecule has 0 spiro atoms. The number of methoxy groups -OCH3 is 1. The van der Waals surface area contributed by atoms with Gasteiger partial charge in [0.25, 0.3) is 6.43 Å². The van der Waals surface area contributed by atoms with Crippen molar-refractivity contribution in [3.05, 3.63) is 21.0 Å². The fourth-order valence-electron chi connectivity index (χ4n) is 0.928. The molecule has 0 amide bonds. The topological polar surface area (TPSA) is 39.2 Å². The summed E-state index contributed by atoms with van der Waals surface area (Å²) in [6, 6.07) is 0. The quantitative estimate of drug-likeness (QED) is 0.635. The van der Waals surface area contributed by atoms with E-state index in [9.17, 15) is 13.6 Å². The van der Waals surface area contributed by atoms with Gasteiger partial charge in [0, 0.05) is 6.20 Å². The Morgan fingerprint density at radius 2 is 2.29 bits per heavy atom. The molecule has 0 unspecified atom stereocenters. The molecule has 0 aliphatic rings. The third-order valence-electron chi connectivity index (χ3n) is 1.58. The summed E-state index contributed by atoms with van der Waals surface area (Å²) in [4.78, 5) is 14.1. The van der Waals surface area contributed by atoms with Crippen molar-refractivity contribution >= 4 is 28.9 Å². The molecule has 0 aromatic carbocycles. The highest BCUT2D eigenvalue weighted by Gasteiger charge is 2.18. The number of pyridine rings is 1. The van der Waals surface area contributed by atoms with E-state index in [1.165, 1.54) is 7.11 Å². The molecule has 1 aromatic rings. The minimum absolute atomic E-state index is 0.0290. The van der Waals surface area contributed by atoms with E-state index < -0.39 is 6.43 Å². The molecule has 0 saturated carbocycles. The van der Waals surface area contributed by atoms with Crippen molar-refractivity contribution in [2.75, 3.05) is 7.11 Å². The molecule has 0 saturated heterocycles. The molecular formula is C8H6F2INO2. The third-order valence-corrected chi connectivity index (χ3v) is 2.69. The maximum atomic E-state index is 12.4. The van der Waals surface area contributed by atoms with Crippen LogP contribution in [0.1, 0.15) is 22.5 Å². The minimum atomic E-state index is -2.62. The van der Waals surface area contributed by atoms with Gasteiger partial charge >= 0.3 is 0 Å². The molecule has 0 fully saturated rings. The van der Waals surface area contributed by atoms with Gasteiger partial charge in [-0.1, -0.05) is 0 Å². The maximum absolute atomic E-state index is 12.4. The van der Waals surface area contributed by atoms with Crippen LogP contribution in [0.4, 0.5) is 8.78 Å². The van der Waals surface area contributed by atoms with Crippen molar-refractivity contribution in [2.45, 2.75) is 6.43 Å². The Morgan fingerprint density at radius 3 is 2.71 bits per heavy atom. The zero-order valence-corrected chi connectivity index (χ0v) is 9.29. The van der Waals surface area contributed by atoms with Crippen LogP contribution in [0.15, 0.2) is 6.20 Å². The molecule has 1 rings (SSSR count). The van der Waals surface area contributed by atoms with Crippen LogP contribution in [0.25, 0.3) is 0 Å². The molecule has 3 nitrogen and oxygen atoms in total. The van der Waals surface area contributed by atoms with E-state index in [4.69, 9.17) is 4.74 Å². The first-order valence-electron chi connectivity index (χ1n) is 3.57. The van der Waals surface area contributed by atoms with Crippen molar-refractivity contribution in [3.8, 4) is 5.75 Å². The van der Waals surface area contributed by atoms with Crippen molar-refractivity contribution < 1.29 is 18.3 Å². The Morgan fingerprint density at radius 1 is 1.64 bits per heavy atom. The summed E-state index contributed by atoms with van der Waals surface area (Å²) in [6.07, 6.45) is -1.17. The summed E-state index contributed by atoms with van der Waals surface area (Å²) in [5.74, 6) is 0.0957. The zero-order chi connectivity index (χ0) is 10.7. The fraction of sp³-hybridized carbons (Fsp3) is 0.250. The lowest BCUT2D eigenvalue weighted by atomic mass is 10.2. The molecule has 0 aliphatic carbocycles. The van der Waals surface area contributed by atoms with Crippen LogP contribution < -0.4 is 4.74 Å². The number of carbonyl (C=O) groups is 1. The number of aromatic nitrogens is 1. The van der Waals surface area contributed by atoms with Gasteiger partial charge in [0.05, 0.1) is 16.2 Å². The first kappa shape index (κ1) is 11.3. The largest absolute Gasteiger partial charge is 0.493 e. The van der Waals surface area contributed by atoms with Crippen LogP contribution in [-0.2, 0) is 0 Å². The van der Waals surface area contributed by atoms with Gasteiger partial charge in [-0.15, -0.1) is 0 Å². The number of alkyl halides is 2. The van der Waals surface area contributed by atoms with Crippen LogP contribution in [0, 0.1) is 3.57 Å². The third kappa shape index (κ3) is 1.99. The van der Waals surface area contributed by atoms with E-state index in [1.807, 2.05) is 0 Å². The number of carbonyl (C=O) groups excluding carboxylic acids is 1. The Hall–Kier alpha value is -0.790.